The Morgan fingerprint density at radius 3 is 2.80 bits per heavy atom. The van der Waals surface area contributed by atoms with Crippen LogP contribution in [0, 0.1) is 5.82 Å². The second-order valence-corrected chi connectivity index (χ2v) is 5.42. The van der Waals surface area contributed by atoms with Crippen LogP contribution in [0.2, 0.25) is 0 Å². The molecule has 0 aromatic heterocycles. The molecule has 3 nitrogen and oxygen atoms in total. The average molecular weight is 278 g/mol. The average Bonchev–Trinajstić information content (AvgIpc) is 2.71. The maximum atomic E-state index is 13.0. The fraction of sp³-hybridized carbons (Fsp3) is 0.562. The van der Waals surface area contributed by atoms with Gasteiger partial charge in [0.25, 0.3) is 0 Å². The van der Waals surface area contributed by atoms with E-state index in [2.05, 4.69) is 5.32 Å². The third-order valence-electron chi connectivity index (χ3n) is 3.83. The number of benzene rings is 1. The topological polar surface area (TPSA) is 32.3 Å². The molecule has 1 aliphatic heterocycles. The second kappa shape index (κ2) is 7.27. The summed E-state index contributed by atoms with van der Waals surface area (Å²) in [6.07, 6.45) is 4.15. The highest BCUT2D eigenvalue weighted by atomic mass is 19.1. The lowest BCUT2D eigenvalue weighted by molar-refractivity contribution is 0.197. The third kappa shape index (κ3) is 3.95. The number of amides is 2. The molecule has 1 aliphatic rings. The summed E-state index contributed by atoms with van der Waals surface area (Å²) in [4.78, 5) is 14.0. The molecule has 1 fully saturated rings. The number of carbonyl (C=O) groups excluding carboxylic acids is 1. The molecule has 1 aromatic carbocycles. The van der Waals surface area contributed by atoms with Crippen LogP contribution in [-0.2, 0) is 0 Å². The molecule has 0 radical (unpaired) electrons. The summed E-state index contributed by atoms with van der Waals surface area (Å²) in [6.45, 7) is 4.30. The van der Waals surface area contributed by atoms with Crippen molar-refractivity contribution in [2.24, 2.45) is 0 Å². The van der Waals surface area contributed by atoms with Crippen molar-refractivity contribution in [2.75, 3.05) is 19.6 Å². The number of urea groups is 1. The molecule has 1 unspecified atom stereocenters. The van der Waals surface area contributed by atoms with Gasteiger partial charge in [0.15, 0.2) is 0 Å². The van der Waals surface area contributed by atoms with Crippen molar-refractivity contribution in [3.05, 3.63) is 35.6 Å². The fourth-order valence-electron chi connectivity index (χ4n) is 2.68. The van der Waals surface area contributed by atoms with Crippen LogP contribution >= 0.6 is 0 Å². The second-order valence-electron chi connectivity index (χ2n) is 5.42. The van der Waals surface area contributed by atoms with E-state index in [0.29, 0.717) is 5.92 Å². The number of halogens is 1. The first kappa shape index (κ1) is 14.8. The van der Waals surface area contributed by atoms with Gasteiger partial charge in [0.1, 0.15) is 5.82 Å². The Morgan fingerprint density at radius 1 is 1.35 bits per heavy atom. The van der Waals surface area contributed by atoms with Gasteiger partial charge in [0.05, 0.1) is 0 Å². The van der Waals surface area contributed by atoms with Crippen LogP contribution in [0.3, 0.4) is 0 Å². The molecule has 4 heteroatoms. The molecule has 1 atom stereocenters. The summed E-state index contributed by atoms with van der Waals surface area (Å²) in [5, 5.41) is 2.94. The van der Waals surface area contributed by atoms with E-state index in [9.17, 15) is 9.18 Å². The molecule has 1 N–H and O–H groups in total. The summed E-state index contributed by atoms with van der Waals surface area (Å²) in [6, 6.07) is 6.71. The Hall–Kier alpha value is -1.58. The number of hydrogen-bond acceptors (Lipinski definition) is 1. The van der Waals surface area contributed by atoms with Crippen molar-refractivity contribution in [1.82, 2.24) is 10.2 Å². The van der Waals surface area contributed by atoms with Crippen LogP contribution < -0.4 is 5.32 Å². The van der Waals surface area contributed by atoms with Gasteiger partial charge in [-0.25, -0.2) is 9.18 Å². The van der Waals surface area contributed by atoms with Gasteiger partial charge in [-0.05, 0) is 37.0 Å². The van der Waals surface area contributed by atoms with Gasteiger partial charge in [0.2, 0.25) is 0 Å². The lowest BCUT2D eigenvalue weighted by Crippen LogP contribution is -2.42. The van der Waals surface area contributed by atoms with Crippen molar-refractivity contribution in [1.29, 1.82) is 0 Å². The van der Waals surface area contributed by atoms with Crippen LogP contribution in [0.5, 0.6) is 0 Å². The molecule has 0 bridgehead atoms. The smallest absolute Gasteiger partial charge is 0.317 e. The highest BCUT2D eigenvalue weighted by Crippen LogP contribution is 2.26. The highest BCUT2D eigenvalue weighted by Gasteiger charge is 2.22. The van der Waals surface area contributed by atoms with Crippen LogP contribution in [0.1, 0.15) is 44.1 Å². The largest absolute Gasteiger partial charge is 0.338 e. The van der Waals surface area contributed by atoms with Gasteiger partial charge in [-0.3, -0.25) is 0 Å². The minimum Gasteiger partial charge on any atom is -0.338 e. The molecule has 1 aromatic rings. The molecular formula is C16H23FN2O. The number of rotatable bonds is 3. The van der Waals surface area contributed by atoms with E-state index in [0.717, 1.165) is 50.9 Å². The fourth-order valence-corrected chi connectivity index (χ4v) is 2.68. The molecule has 1 saturated heterocycles. The van der Waals surface area contributed by atoms with E-state index in [1.54, 1.807) is 0 Å². The van der Waals surface area contributed by atoms with E-state index in [1.807, 2.05) is 24.0 Å². The molecule has 0 aliphatic carbocycles. The summed E-state index contributed by atoms with van der Waals surface area (Å²) in [5.74, 6) is 0.102. The van der Waals surface area contributed by atoms with Gasteiger partial charge in [-0.1, -0.05) is 25.5 Å². The number of carbonyl (C=O) groups is 1. The minimum atomic E-state index is -0.208. The first-order chi connectivity index (χ1) is 9.70. The zero-order chi connectivity index (χ0) is 14.4. The standard InChI is InChI=1S/C16H23FN2O/c1-2-10-18-16(20)19-11-4-3-5-14(12-19)13-6-8-15(17)9-7-13/h6-9,14H,2-5,10-12H2,1H3,(H,18,20). The lowest BCUT2D eigenvalue weighted by Gasteiger charge is -2.25. The first-order valence-corrected chi connectivity index (χ1v) is 7.49. The summed E-state index contributed by atoms with van der Waals surface area (Å²) in [7, 11) is 0. The van der Waals surface area contributed by atoms with E-state index >= 15 is 0 Å². The number of nitrogens with zero attached hydrogens (tertiary/aromatic N) is 1. The molecule has 20 heavy (non-hydrogen) atoms. The predicted octanol–water partition coefficient (Wildman–Crippen LogP) is 3.51. The van der Waals surface area contributed by atoms with Crippen molar-refractivity contribution < 1.29 is 9.18 Å². The SMILES string of the molecule is CCCNC(=O)N1CCCCC(c2ccc(F)cc2)C1. The van der Waals surface area contributed by atoms with Gasteiger partial charge < -0.3 is 10.2 Å². The number of likely N-dealkylation sites (tertiary alicyclic amines) is 1. The normalized spacial score (nSPS) is 19.5. The van der Waals surface area contributed by atoms with Gasteiger partial charge in [-0.2, -0.15) is 0 Å². The van der Waals surface area contributed by atoms with Crippen molar-refractivity contribution >= 4 is 6.03 Å². The van der Waals surface area contributed by atoms with Crippen LogP contribution in [-0.4, -0.2) is 30.6 Å². The van der Waals surface area contributed by atoms with Crippen molar-refractivity contribution in [3.63, 3.8) is 0 Å². The zero-order valence-electron chi connectivity index (χ0n) is 12.1. The summed E-state index contributed by atoms with van der Waals surface area (Å²) < 4.78 is 13.0. The first-order valence-electron chi connectivity index (χ1n) is 7.49. The quantitative estimate of drug-likeness (QED) is 0.901. The Balaban J connectivity index is 2.02. The van der Waals surface area contributed by atoms with Crippen LogP contribution in [0.15, 0.2) is 24.3 Å². The van der Waals surface area contributed by atoms with Crippen LogP contribution in [0.25, 0.3) is 0 Å². The maximum Gasteiger partial charge on any atom is 0.317 e. The molecule has 2 amide bonds. The predicted molar refractivity (Wildman–Crippen MR) is 78.3 cm³/mol. The summed E-state index contributed by atoms with van der Waals surface area (Å²) in [5.41, 5.74) is 1.13. The van der Waals surface area contributed by atoms with E-state index < -0.39 is 0 Å². The Kier molecular flexibility index (Phi) is 5.39. The Bertz CT molecular complexity index is 433. The van der Waals surface area contributed by atoms with E-state index in [1.165, 1.54) is 12.1 Å². The minimum absolute atomic E-state index is 0.0286. The Morgan fingerprint density at radius 2 is 2.10 bits per heavy atom. The molecule has 110 valence electrons. The van der Waals surface area contributed by atoms with Crippen molar-refractivity contribution in [3.8, 4) is 0 Å². The molecule has 0 spiro atoms. The van der Waals surface area contributed by atoms with E-state index in [4.69, 9.17) is 0 Å². The Labute approximate surface area is 120 Å². The van der Waals surface area contributed by atoms with Crippen LogP contribution in [0.4, 0.5) is 9.18 Å². The number of hydrogen-bond donors (Lipinski definition) is 1. The maximum absolute atomic E-state index is 13.0. The zero-order valence-corrected chi connectivity index (χ0v) is 12.1. The lowest BCUT2D eigenvalue weighted by atomic mass is 9.94. The molecule has 1 heterocycles. The molecule has 2 rings (SSSR count). The molecular weight excluding hydrogens is 255 g/mol. The van der Waals surface area contributed by atoms with Gasteiger partial charge in [0, 0.05) is 25.6 Å². The van der Waals surface area contributed by atoms with Gasteiger partial charge >= 0.3 is 6.03 Å². The molecule has 0 saturated carbocycles. The van der Waals surface area contributed by atoms with Crippen molar-refractivity contribution in [2.45, 2.75) is 38.5 Å². The summed E-state index contributed by atoms with van der Waals surface area (Å²) >= 11 is 0. The monoisotopic (exact) mass is 278 g/mol. The third-order valence-corrected chi connectivity index (χ3v) is 3.83. The van der Waals surface area contributed by atoms with Gasteiger partial charge in [-0.15, -0.1) is 0 Å². The number of nitrogens with one attached hydrogen (secondary N) is 1. The van der Waals surface area contributed by atoms with E-state index in [-0.39, 0.29) is 11.8 Å². The highest BCUT2D eigenvalue weighted by molar-refractivity contribution is 5.74.